The number of aromatic nitrogens is 1. The molecule has 144 valence electrons. The van der Waals surface area contributed by atoms with Crippen LogP contribution in [0.15, 0.2) is 73.1 Å². The molecule has 0 unspecified atom stereocenters. The molecule has 1 saturated heterocycles. The molecule has 0 radical (unpaired) electrons. The zero-order chi connectivity index (χ0) is 19.2. The van der Waals surface area contributed by atoms with Gasteiger partial charge in [0.05, 0.1) is 0 Å². The molecule has 0 atom stereocenters. The van der Waals surface area contributed by atoms with Crippen LogP contribution in [0.5, 0.6) is 5.75 Å². The fourth-order valence-electron chi connectivity index (χ4n) is 3.50. The van der Waals surface area contributed by atoms with E-state index in [9.17, 15) is 0 Å². The first-order chi connectivity index (χ1) is 13.8. The van der Waals surface area contributed by atoms with Gasteiger partial charge in [0.25, 0.3) is 0 Å². The van der Waals surface area contributed by atoms with Crippen molar-refractivity contribution in [3.8, 4) is 5.75 Å². The molecule has 0 bridgehead atoms. The summed E-state index contributed by atoms with van der Waals surface area (Å²) in [5, 5.41) is 0.742. The van der Waals surface area contributed by atoms with Crippen molar-refractivity contribution in [3.63, 3.8) is 0 Å². The zero-order valence-corrected chi connectivity index (χ0v) is 16.6. The number of para-hydroxylation sites is 1. The first-order valence-electron chi connectivity index (χ1n) is 9.60. The summed E-state index contributed by atoms with van der Waals surface area (Å²) in [7, 11) is 0. The number of hydrogen-bond acceptors (Lipinski definition) is 4. The van der Waals surface area contributed by atoms with Gasteiger partial charge in [-0.2, -0.15) is 0 Å². The van der Waals surface area contributed by atoms with Crippen molar-refractivity contribution in [1.82, 2.24) is 9.88 Å². The molecule has 0 aliphatic carbocycles. The fraction of sp³-hybridized carbons (Fsp3) is 0.261. The quantitative estimate of drug-likeness (QED) is 0.610. The van der Waals surface area contributed by atoms with Gasteiger partial charge in [-0.3, -0.25) is 9.88 Å². The van der Waals surface area contributed by atoms with E-state index in [4.69, 9.17) is 16.3 Å². The monoisotopic (exact) mass is 393 g/mol. The maximum absolute atomic E-state index is 6.26. The van der Waals surface area contributed by atoms with E-state index in [1.54, 1.807) is 6.20 Å². The van der Waals surface area contributed by atoms with Crippen molar-refractivity contribution >= 4 is 17.3 Å². The number of ether oxygens (including phenoxy) is 1. The second-order valence-corrected chi connectivity index (χ2v) is 7.44. The van der Waals surface area contributed by atoms with Crippen molar-refractivity contribution in [2.45, 2.75) is 13.2 Å². The maximum Gasteiger partial charge on any atom is 0.124 e. The number of hydrogen-bond donors (Lipinski definition) is 0. The van der Waals surface area contributed by atoms with Gasteiger partial charge in [0, 0.05) is 67.0 Å². The van der Waals surface area contributed by atoms with E-state index < -0.39 is 0 Å². The average Bonchev–Trinajstić information content (AvgIpc) is 2.75. The third kappa shape index (κ3) is 4.83. The Kier molecular flexibility index (Phi) is 6.10. The Hall–Kier alpha value is -2.56. The van der Waals surface area contributed by atoms with Crippen LogP contribution in [0, 0.1) is 0 Å². The van der Waals surface area contributed by atoms with Gasteiger partial charge in [-0.25, -0.2) is 0 Å². The summed E-state index contributed by atoms with van der Waals surface area (Å²) in [4.78, 5) is 9.04. The summed E-state index contributed by atoms with van der Waals surface area (Å²) < 4.78 is 6.07. The van der Waals surface area contributed by atoms with E-state index in [0.717, 1.165) is 54.6 Å². The third-order valence-electron chi connectivity index (χ3n) is 5.03. The highest BCUT2D eigenvalue weighted by molar-refractivity contribution is 6.30. The molecule has 1 aliphatic heterocycles. The predicted molar refractivity (Wildman–Crippen MR) is 114 cm³/mol. The standard InChI is InChI=1S/C23H24ClN3O/c24-21-8-9-23(28-18-19-5-4-10-25-16-19)20(15-21)17-26-11-13-27(14-12-26)22-6-2-1-3-7-22/h1-10,15-16H,11-14,17-18H2. The van der Waals surface area contributed by atoms with E-state index in [-0.39, 0.29) is 0 Å². The molecule has 2 aromatic carbocycles. The largest absolute Gasteiger partial charge is 0.489 e. The van der Waals surface area contributed by atoms with Gasteiger partial charge in [0.2, 0.25) is 0 Å². The van der Waals surface area contributed by atoms with Crippen molar-refractivity contribution in [2.24, 2.45) is 0 Å². The number of halogens is 1. The van der Waals surface area contributed by atoms with E-state index in [0.29, 0.717) is 6.61 Å². The number of anilines is 1. The summed E-state index contributed by atoms with van der Waals surface area (Å²) in [6.45, 7) is 5.43. The van der Waals surface area contributed by atoms with Gasteiger partial charge < -0.3 is 9.64 Å². The summed E-state index contributed by atoms with van der Waals surface area (Å²) in [6, 6.07) is 20.4. The number of pyridine rings is 1. The minimum Gasteiger partial charge on any atom is -0.489 e. The van der Waals surface area contributed by atoms with Crippen molar-refractivity contribution in [1.29, 1.82) is 0 Å². The van der Waals surface area contributed by atoms with Crippen molar-refractivity contribution in [3.05, 3.63) is 89.2 Å². The van der Waals surface area contributed by atoms with E-state index >= 15 is 0 Å². The summed E-state index contributed by atoms with van der Waals surface area (Å²) in [5.41, 5.74) is 3.48. The first-order valence-corrected chi connectivity index (χ1v) is 9.98. The molecule has 1 aromatic heterocycles. The summed E-state index contributed by atoms with van der Waals surface area (Å²) in [6.07, 6.45) is 3.60. The van der Waals surface area contributed by atoms with Crippen molar-refractivity contribution < 1.29 is 4.74 Å². The second-order valence-electron chi connectivity index (χ2n) is 7.00. The Bertz CT molecular complexity index is 881. The number of piperazine rings is 1. The molecule has 4 rings (SSSR count). The van der Waals surface area contributed by atoms with Crippen LogP contribution < -0.4 is 9.64 Å². The smallest absolute Gasteiger partial charge is 0.124 e. The number of nitrogens with zero attached hydrogens (tertiary/aromatic N) is 3. The molecular formula is C23H24ClN3O. The van der Waals surface area contributed by atoms with Crippen LogP contribution in [0.2, 0.25) is 5.02 Å². The van der Waals surface area contributed by atoms with Crippen LogP contribution in [-0.2, 0) is 13.2 Å². The maximum atomic E-state index is 6.26. The normalized spacial score (nSPS) is 14.8. The SMILES string of the molecule is Clc1ccc(OCc2cccnc2)c(CN2CCN(c3ccccc3)CC2)c1. The number of rotatable bonds is 6. The van der Waals surface area contributed by atoms with Crippen LogP contribution in [-0.4, -0.2) is 36.1 Å². The van der Waals surface area contributed by atoms with Crippen LogP contribution in [0.3, 0.4) is 0 Å². The van der Waals surface area contributed by atoms with E-state index in [1.807, 2.05) is 36.5 Å². The van der Waals surface area contributed by atoms with Gasteiger partial charge in [-0.1, -0.05) is 35.9 Å². The topological polar surface area (TPSA) is 28.6 Å². The lowest BCUT2D eigenvalue weighted by molar-refractivity contribution is 0.240. The molecule has 1 fully saturated rings. The van der Waals surface area contributed by atoms with E-state index in [1.165, 1.54) is 5.69 Å². The molecule has 0 amide bonds. The highest BCUT2D eigenvalue weighted by Crippen LogP contribution is 2.26. The third-order valence-corrected chi connectivity index (χ3v) is 5.26. The predicted octanol–water partition coefficient (Wildman–Crippen LogP) is 4.64. The van der Waals surface area contributed by atoms with Gasteiger partial charge in [0.15, 0.2) is 0 Å². The van der Waals surface area contributed by atoms with Gasteiger partial charge in [-0.05, 0) is 36.4 Å². The summed E-state index contributed by atoms with van der Waals surface area (Å²) in [5.74, 6) is 0.888. The summed E-state index contributed by atoms with van der Waals surface area (Å²) >= 11 is 6.26. The van der Waals surface area contributed by atoms with Crippen molar-refractivity contribution in [2.75, 3.05) is 31.1 Å². The zero-order valence-electron chi connectivity index (χ0n) is 15.8. The molecular weight excluding hydrogens is 370 g/mol. The van der Waals surface area contributed by atoms with Crippen LogP contribution in [0.25, 0.3) is 0 Å². The molecule has 4 nitrogen and oxygen atoms in total. The minimum atomic E-state index is 0.504. The molecule has 0 saturated carbocycles. The molecule has 28 heavy (non-hydrogen) atoms. The highest BCUT2D eigenvalue weighted by Gasteiger charge is 2.18. The molecule has 5 heteroatoms. The Balaban J connectivity index is 1.38. The minimum absolute atomic E-state index is 0.504. The molecule has 3 aromatic rings. The Morgan fingerprint density at radius 2 is 1.75 bits per heavy atom. The average molecular weight is 394 g/mol. The Morgan fingerprint density at radius 1 is 0.929 bits per heavy atom. The Labute approximate surface area is 171 Å². The molecule has 0 spiro atoms. The number of benzene rings is 2. The lowest BCUT2D eigenvalue weighted by atomic mass is 10.1. The van der Waals surface area contributed by atoms with Gasteiger partial charge in [0.1, 0.15) is 12.4 Å². The van der Waals surface area contributed by atoms with Gasteiger partial charge >= 0.3 is 0 Å². The first kappa shape index (κ1) is 18.8. The lowest BCUT2D eigenvalue weighted by Crippen LogP contribution is -2.46. The van der Waals surface area contributed by atoms with Gasteiger partial charge in [-0.15, -0.1) is 0 Å². The fourth-order valence-corrected chi connectivity index (χ4v) is 3.70. The van der Waals surface area contributed by atoms with Crippen LogP contribution in [0.4, 0.5) is 5.69 Å². The van der Waals surface area contributed by atoms with Crippen LogP contribution in [0.1, 0.15) is 11.1 Å². The Morgan fingerprint density at radius 3 is 2.50 bits per heavy atom. The highest BCUT2D eigenvalue weighted by atomic mass is 35.5. The van der Waals surface area contributed by atoms with E-state index in [2.05, 4.69) is 45.1 Å². The van der Waals surface area contributed by atoms with Crippen LogP contribution >= 0.6 is 11.6 Å². The molecule has 1 aliphatic rings. The molecule has 0 N–H and O–H groups in total. The lowest BCUT2D eigenvalue weighted by Gasteiger charge is -2.36. The second kappa shape index (κ2) is 9.09. The molecule has 2 heterocycles.